The van der Waals surface area contributed by atoms with Crippen LogP contribution < -0.4 is 5.32 Å². The van der Waals surface area contributed by atoms with E-state index in [1.165, 1.54) is 6.92 Å². The molecule has 7 nitrogen and oxygen atoms in total. The molecule has 0 saturated heterocycles. The number of anilines is 1. The average molecular weight is 597 g/mol. The first-order chi connectivity index (χ1) is 22.6. The Hall–Kier alpha value is -6.34. The first-order valence-electron chi connectivity index (χ1n) is 15.1. The molecule has 0 aliphatic carbocycles. The second kappa shape index (κ2) is 11.3. The molecule has 2 aliphatic heterocycles. The molecular formula is C39H28N6O. The Morgan fingerprint density at radius 2 is 1.15 bits per heavy atom. The quantitative estimate of drug-likeness (QED) is 0.189. The molecule has 7 heteroatoms. The van der Waals surface area contributed by atoms with Crippen LogP contribution in [-0.2, 0) is 4.79 Å². The van der Waals surface area contributed by atoms with E-state index in [0.29, 0.717) is 5.69 Å². The van der Waals surface area contributed by atoms with Gasteiger partial charge in [0.2, 0.25) is 5.91 Å². The topological polar surface area (TPSA) is 99.3 Å². The SMILES string of the molecule is CC(=O)Nc1cncc(-c2c3nc(c(-c4ccccc4)c4ccc(cc5nc(c(-c6ccccc6)c6ccc2[nH]6)C=C5)[nH]4)C=C3)c1. The van der Waals surface area contributed by atoms with Crippen molar-refractivity contribution < 1.29 is 4.79 Å². The Balaban J connectivity index is 1.52. The summed E-state index contributed by atoms with van der Waals surface area (Å²) < 4.78 is 0. The number of hydrogen-bond acceptors (Lipinski definition) is 4. The minimum Gasteiger partial charge on any atom is -0.355 e. The number of H-pyrrole nitrogens is 2. The number of amides is 1. The predicted molar refractivity (Wildman–Crippen MR) is 187 cm³/mol. The van der Waals surface area contributed by atoms with Crippen molar-refractivity contribution >= 4 is 58.0 Å². The molecule has 8 bridgehead atoms. The molecule has 0 atom stereocenters. The minimum atomic E-state index is -0.161. The van der Waals surface area contributed by atoms with Gasteiger partial charge in [0.25, 0.3) is 0 Å². The van der Waals surface area contributed by atoms with Crippen molar-refractivity contribution in [2.75, 3.05) is 5.32 Å². The van der Waals surface area contributed by atoms with Gasteiger partial charge < -0.3 is 15.3 Å². The molecule has 0 unspecified atom stereocenters. The summed E-state index contributed by atoms with van der Waals surface area (Å²) >= 11 is 0. The van der Waals surface area contributed by atoms with Crippen LogP contribution in [0.15, 0.2) is 109 Å². The van der Waals surface area contributed by atoms with Crippen LogP contribution in [0.25, 0.3) is 79.8 Å². The van der Waals surface area contributed by atoms with E-state index in [9.17, 15) is 4.79 Å². The number of nitrogens with zero attached hydrogens (tertiary/aromatic N) is 3. The molecule has 0 radical (unpaired) electrons. The van der Waals surface area contributed by atoms with Gasteiger partial charge >= 0.3 is 0 Å². The van der Waals surface area contributed by atoms with E-state index in [2.05, 4.69) is 87.0 Å². The number of aromatic amines is 2. The fourth-order valence-corrected chi connectivity index (χ4v) is 6.11. The molecule has 6 heterocycles. The maximum atomic E-state index is 11.9. The highest BCUT2D eigenvalue weighted by Gasteiger charge is 2.17. The fraction of sp³-hybridized carbons (Fsp3) is 0.0256. The van der Waals surface area contributed by atoms with E-state index in [1.807, 2.05) is 54.6 Å². The first kappa shape index (κ1) is 27.2. The summed E-state index contributed by atoms with van der Waals surface area (Å²) in [6.45, 7) is 1.49. The fourth-order valence-electron chi connectivity index (χ4n) is 6.11. The molecule has 0 saturated carbocycles. The third-order valence-corrected chi connectivity index (χ3v) is 8.05. The van der Waals surface area contributed by atoms with Crippen molar-refractivity contribution in [2.45, 2.75) is 6.92 Å². The van der Waals surface area contributed by atoms with Gasteiger partial charge in [0, 0.05) is 57.4 Å². The Bertz CT molecular complexity index is 2330. The summed E-state index contributed by atoms with van der Waals surface area (Å²) in [5, 5.41) is 2.87. The highest BCUT2D eigenvalue weighted by atomic mass is 16.1. The summed E-state index contributed by atoms with van der Waals surface area (Å²) in [7, 11) is 0. The lowest BCUT2D eigenvalue weighted by Gasteiger charge is -2.07. The van der Waals surface area contributed by atoms with Crippen LogP contribution in [0.3, 0.4) is 0 Å². The van der Waals surface area contributed by atoms with Gasteiger partial charge in [-0.1, -0.05) is 60.7 Å². The zero-order valence-corrected chi connectivity index (χ0v) is 25.0. The lowest BCUT2D eigenvalue weighted by Crippen LogP contribution is -2.06. The molecule has 1 amide bonds. The molecule has 4 aromatic heterocycles. The van der Waals surface area contributed by atoms with Crippen LogP contribution in [0.1, 0.15) is 29.7 Å². The zero-order chi connectivity index (χ0) is 31.0. The molecule has 2 aromatic carbocycles. The van der Waals surface area contributed by atoms with Gasteiger partial charge in [-0.15, -0.1) is 0 Å². The number of fused-ring (bicyclic) bond motifs is 8. The van der Waals surface area contributed by atoms with Gasteiger partial charge in [-0.2, -0.15) is 0 Å². The molecule has 6 aromatic rings. The van der Waals surface area contributed by atoms with E-state index in [-0.39, 0.29) is 5.91 Å². The van der Waals surface area contributed by atoms with E-state index < -0.39 is 0 Å². The summed E-state index contributed by atoms with van der Waals surface area (Å²) in [6.07, 6.45) is 11.7. The van der Waals surface area contributed by atoms with Gasteiger partial charge in [0.05, 0.1) is 34.7 Å². The van der Waals surface area contributed by atoms with E-state index in [0.717, 1.165) is 78.2 Å². The zero-order valence-electron chi connectivity index (χ0n) is 25.0. The van der Waals surface area contributed by atoms with Gasteiger partial charge in [-0.05, 0) is 71.8 Å². The second-order valence-corrected chi connectivity index (χ2v) is 11.2. The first-order valence-corrected chi connectivity index (χ1v) is 15.1. The molecular weight excluding hydrogens is 568 g/mol. The third kappa shape index (κ3) is 5.10. The Morgan fingerprint density at radius 3 is 1.80 bits per heavy atom. The standard InChI is InChI=1S/C39H28N6O/c1-24(46)41-30-20-27(22-40-23-30)39-35-18-16-33(44-35)37(25-8-4-2-5-9-25)31-14-12-28(42-31)21-29-13-15-32(43-29)38(26-10-6-3-7-11-26)34-17-19-36(39)45-34/h2-23,42,45H,1H3,(H,41,46). The van der Waals surface area contributed by atoms with Crippen molar-refractivity contribution in [2.24, 2.45) is 0 Å². The van der Waals surface area contributed by atoms with E-state index >= 15 is 0 Å². The maximum absolute atomic E-state index is 11.9. The number of aromatic nitrogens is 5. The molecule has 0 fully saturated rings. The maximum Gasteiger partial charge on any atom is 0.221 e. The van der Waals surface area contributed by atoms with Gasteiger partial charge in [0.1, 0.15) is 0 Å². The number of rotatable bonds is 4. The molecule has 46 heavy (non-hydrogen) atoms. The van der Waals surface area contributed by atoms with Crippen molar-refractivity contribution in [3.05, 3.63) is 132 Å². The molecule has 220 valence electrons. The van der Waals surface area contributed by atoms with Gasteiger partial charge in [-0.3, -0.25) is 9.78 Å². The van der Waals surface area contributed by atoms with Crippen molar-refractivity contribution in [1.82, 2.24) is 24.9 Å². The van der Waals surface area contributed by atoms with Gasteiger partial charge in [-0.25, -0.2) is 9.97 Å². The van der Waals surface area contributed by atoms with E-state index in [1.54, 1.807) is 12.4 Å². The number of nitrogens with one attached hydrogen (secondary N) is 3. The van der Waals surface area contributed by atoms with Gasteiger partial charge in [0.15, 0.2) is 0 Å². The highest BCUT2D eigenvalue weighted by Crippen LogP contribution is 2.36. The largest absolute Gasteiger partial charge is 0.355 e. The highest BCUT2D eigenvalue weighted by molar-refractivity contribution is 5.98. The predicted octanol–water partition coefficient (Wildman–Crippen LogP) is 9.01. The van der Waals surface area contributed by atoms with Crippen LogP contribution in [0, 0.1) is 0 Å². The third-order valence-electron chi connectivity index (χ3n) is 8.05. The van der Waals surface area contributed by atoms with Crippen LogP contribution >= 0.6 is 0 Å². The van der Waals surface area contributed by atoms with Crippen LogP contribution in [0.5, 0.6) is 0 Å². The molecule has 0 spiro atoms. The summed E-state index contributed by atoms with van der Waals surface area (Å²) in [5.41, 5.74) is 13.4. The lowest BCUT2D eigenvalue weighted by atomic mass is 10.0. The monoisotopic (exact) mass is 596 g/mol. The number of benzene rings is 2. The van der Waals surface area contributed by atoms with Crippen molar-refractivity contribution in [1.29, 1.82) is 0 Å². The lowest BCUT2D eigenvalue weighted by molar-refractivity contribution is -0.114. The number of carbonyl (C=O) groups excluding carboxylic acids is 1. The summed E-state index contributed by atoms with van der Waals surface area (Å²) in [6, 6.07) is 32.9. The molecule has 2 aliphatic rings. The number of pyridine rings is 1. The summed E-state index contributed by atoms with van der Waals surface area (Å²) in [4.78, 5) is 34.0. The van der Waals surface area contributed by atoms with Crippen LogP contribution in [-0.4, -0.2) is 30.8 Å². The second-order valence-electron chi connectivity index (χ2n) is 11.2. The normalized spacial score (nSPS) is 11.9. The number of hydrogen-bond donors (Lipinski definition) is 3. The Morgan fingerprint density at radius 1 is 0.587 bits per heavy atom. The smallest absolute Gasteiger partial charge is 0.221 e. The molecule has 3 N–H and O–H groups in total. The van der Waals surface area contributed by atoms with Crippen molar-refractivity contribution in [3.63, 3.8) is 0 Å². The number of carbonyl (C=O) groups is 1. The van der Waals surface area contributed by atoms with Crippen LogP contribution in [0.2, 0.25) is 0 Å². The average Bonchev–Trinajstić information content (AvgIpc) is 3.89. The molecule has 8 rings (SSSR count). The van der Waals surface area contributed by atoms with Crippen LogP contribution in [0.4, 0.5) is 5.69 Å². The Labute approximate surface area is 265 Å². The Kier molecular flexibility index (Phi) is 6.69. The summed E-state index contributed by atoms with van der Waals surface area (Å²) in [5.74, 6) is -0.161. The van der Waals surface area contributed by atoms with E-state index in [4.69, 9.17) is 9.97 Å². The van der Waals surface area contributed by atoms with Crippen molar-refractivity contribution in [3.8, 4) is 33.4 Å². The minimum absolute atomic E-state index is 0.161.